The number of ether oxygens (including phenoxy) is 1. The van der Waals surface area contributed by atoms with Gasteiger partial charge in [-0.3, -0.25) is 14.6 Å². The zero-order chi connectivity index (χ0) is 24.3. The summed E-state index contributed by atoms with van der Waals surface area (Å²) in [6, 6.07) is 10.6. The SMILES string of the molecule is CCS(=O)(=O)c1ccccc1C(=O)N(CCCN1CCOCC1)c1nc2c(C)cc(C)cc2s1. The first kappa shape index (κ1) is 24.8. The lowest BCUT2D eigenvalue weighted by molar-refractivity contribution is 0.0376. The zero-order valence-corrected chi connectivity index (χ0v) is 21.5. The van der Waals surface area contributed by atoms with Crippen molar-refractivity contribution in [2.75, 3.05) is 50.0 Å². The van der Waals surface area contributed by atoms with Crippen LogP contribution in [0, 0.1) is 13.8 Å². The third kappa shape index (κ3) is 5.33. The Morgan fingerprint density at radius 1 is 1.18 bits per heavy atom. The van der Waals surface area contributed by atoms with E-state index in [1.54, 1.807) is 30.0 Å². The highest BCUT2D eigenvalue weighted by Crippen LogP contribution is 2.33. The Hall–Kier alpha value is -2.33. The van der Waals surface area contributed by atoms with Gasteiger partial charge in [-0.05, 0) is 49.6 Å². The molecule has 0 atom stereocenters. The summed E-state index contributed by atoms with van der Waals surface area (Å²) in [5, 5.41) is 0.597. The molecule has 0 N–H and O–H groups in total. The van der Waals surface area contributed by atoms with E-state index in [1.807, 2.05) is 13.8 Å². The highest BCUT2D eigenvalue weighted by Gasteiger charge is 2.27. The molecule has 2 aromatic carbocycles. The number of nitrogens with zero attached hydrogens (tertiary/aromatic N) is 3. The second-order valence-electron chi connectivity index (χ2n) is 8.59. The molecule has 1 aliphatic heterocycles. The number of sulfone groups is 1. The summed E-state index contributed by atoms with van der Waals surface area (Å²) in [5.74, 6) is -0.392. The van der Waals surface area contributed by atoms with Gasteiger partial charge in [-0.15, -0.1) is 0 Å². The molecule has 34 heavy (non-hydrogen) atoms. The molecule has 0 saturated carbocycles. The molecule has 9 heteroatoms. The molecular weight excluding hydrogens is 470 g/mol. The Balaban J connectivity index is 1.69. The Kier molecular flexibility index (Phi) is 7.67. The minimum Gasteiger partial charge on any atom is -0.379 e. The van der Waals surface area contributed by atoms with Crippen LogP contribution in [0.3, 0.4) is 0 Å². The van der Waals surface area contributed by atoms with Crippen LogP contribution >= 0.6 is 11.3 Å². The van der Waals surface area contributed by atoms with E-state index in [9.17, 15) is 13.2 Å². The van der Waals surface area contributed by atoms with Crippen molar-refractivity contribution in [3.05, 3.63) is 53.1 Å². The van der Waals surface area contributed by atoms with E-state index >= 15 is 0 Å². The molecule has 1 aliphatic rings. The average Bonchev–Trinajstić information content (AvgIpc) is 3.26. The summed E-state index contributed by atoms with van der Waals surface area (Å²) in [6.07, 6.45) is 0.752. The van der Waals surface area contributed by atoms with Gasteiger partial charge in [0.15, 0.2) is 15.0 Å². The van der Waals surface area contributed by atoms with Crippen LogP contribution in [0.15, 0.2) is 41.3 Å². The Bertz CT molecular complexity index is 1280. The molecule has 0 bridgehead atoms. The number of aromatic nitrogens is 1. The van der Waals surface area contributed by atoms with E-state index in [0.29, 0.717) is 11.7 Å². The monoisotopic (exact) mass is 501 g/mol. The van der Waals surface area contributed by atoms with Crippen molar-refractivity contribution in [1.29, 1.82) is 0 Å². The van der Waals surface area contributed by atoms with Crippen molar-refractivity contribution in [3.8, 4) is 0 Å². The van der Waals surface area contributed by atoms with Gasteiger partial charge in [0.05, 0.1) is 39.6 Å². The summed E-state index contributed by atoms with van der Waals surface area (Å²) >= 11 is 1.47. The van der Waals surface area contributed by atoms with Crippen LogP contribution in [0.5, 0.6) is 0 Å². The standard InChI is InChI=1S/C25H31N3O4S2/c1-4-34(30,31)22-9-6-5-8-20(22)24(29)28(11-7-10-27-12-14-32-15-13-27)25-26-23-19(3)16-18(2)17-21(23)33-25/h5-6,8-9,16-17H,4,7,10-15H2,1-3H3. The van der Waals surface area contributed by atoms with Gasteiger partial charge in [0.2, 0.25) is 0 Å². The van der Waals surface area contributed by atoms with Crippen molar-refractivity contribution in [2.24, 2.45) is 0 Å². The van der Waals surface area contributed by atoms with Crippen LogP contribution in [0.2, 0.25) is 0 Å². The number of fused-ring (bicyclic) bond motifs is 1. The first-order valence-electron chi connectivity index (χ1n) is 11.6. The normalized spacial score (nSPS) is 15.0. The van der Waals surface area contributed by atoms with E-state index < -0.39 is 9.84 Å². The average molecular weight is 502 g/mol. The van der Waals surface area contributed by atoms with E-state index in [4.69, 9.17) is 9.72 Å². The quantitative estimate of drug-likeness (QED) is 0.463. The van der Waals surface area contributed by atoms with Gasteiger partial charge in [0.1, 0.15) is 0 Å². The molecule has 0 aliphatic carbocycles. The van der Waals surface area contributed by atoms with Crippen molar-refractivity contribution in [3.63, 3.8) is 0 Å². The molecule has 0 radical (unpaired) electrons. The Labute approximate surface area is 205 Å². The van der Waals surface area contributed by atoms with Crippen LogP contribution in [0.25, 0.3) is 10.2 Å². The molecule has 4 rings (SSSR count). The lowest BCUT2D eigenvalue weighted by Crippen LogP contribution is -2.39. The fraction of sp³-hybridized carbons (Fsp3) is 0.440. The van der Waals surface area contributed by atoms with Gasteiger partial charge >= 0.3 is 0 Å². The molecule has 1 saturated heterocycles. The second-order valence-corrected chi connectivity index (χ2v) is 11.8. The molecule has 3 aromatic rings. The van der Waals surface area contributed by atoms with Gasteiger partial charge in [-0.25, -0.2) is 13.4 Å². The summed E-state index contributed by atoms with van der Waals surface area (Å²) < 4.78 is 31.9. The summed E-state index contributed by atoms with van der Waals surface area (Å²) in [5.41, 5.74) is 3.28. The number of carbonyl (C=O) groups is 1. The van der Waals surface area contributed by atoms with Crippen molar-refractivity contribution in [2.45, 2.75) is 32.1 Å². The number of benzene rings is 2. The lowest BCUT2D eigenvalue weighted by Gasteiger charge is -2.28. The van der Waals surface area contributed by atoms with E-state index in [1.165, 1.54) is 17.4 Å². The number of hydrogen-bond donors (Lipinski definition) is 0. The molecule has 1 fully saturated rings. The van der Waals surface area contributed by atoms with Gasteiger partial charge < -0.3 is 4.74 Å². The molecule has 2 heterocycles. The van der Waals surface area contributed by atoms with E-state index in [-0.39, 0.29) is 22.1 Å². The summed E-state index contributed by atoms with van der Waals surface area (Å²) in [6.45, 7) is 10.2. The number of thiazole rings is 1. The van der Waals surface area contributed by atoms with Crippen LogP contribution in [0.4, 0.5) is 5.13 Å². The number of amides is 1. The third-order valence-corrected chi connectivity index (χ3v) is 8.90. The van der Waals surface area contributed by atoms with Crippen molar-refractivity contribution >= 4 is 42.4 Å². The maximum Gasteiger partial charge on any atom is 0.261 e. The number of rotatable bonds is 8. The third-order valence-electron chi connectivity index (χ3n) is 6.09. The van der Waals surface area contributed by atoms with E-state index in [2.05, 4.69) is 17.0 Å². The van der Waals surface area contributed by atoms with Crippen LogP contribution in [-0.2, 0) is 14.6 Å². The summed E-state index contributed by atoms with van der Waals surface area (Å²) in [4.78, 5) is 22.7. The van der Waals surface area contributed by atoms with Gasteiger partial charge in [-0.1, -0.05) is 36.5 Å². The molecular formula is C25H31N3O4S2. The molecule has 7 nitrogen and oxygen atoms in total. The maximum atomic E-state index is 13.8. The van der Waals surface area contributed by atoms with Crippen molar-refractivity contribution in [1.82, 2.24) is 9.88 Å². The molecule has 0 unspecified atom stereocenters. The number of aryl methyl sites for hydroxylation is 2. The minimum atomic E-state index is -3.55. The maximum absolute atomic E-state index is 13.8. The molecule has 1 aromatic heterocycles. The first-order valence-corrected chi connectivity index (χ1v) is 14.1. The van der Waals surface area contributed by atoms with Crippen LogP contribution in [0.1, 0.15) is 34.8 Å². The second kappa shape index (κ2) is 10.5. The highest BCUT2D eigenvalue weighted by atomic mass is 32.2. The lowest BCUT2D eigenvalue weighted by atomic mass is 10.1. The highest BCUT2D eigenvalue weighted by molar-refractivity contribution is 7.91. The predicted octanol–water partition coefficient (Wildman–Crippen LogP) is 4.08. The fourth-order valence-electron chi connectivity index (χ4n) is 4.25. The largest absolute Gasteiger partial charge is 0.379 e. The molecule has 1 amide bonds. The predicted molar refractivity (Wildman–Crippen MR) is 137 cm³/mol. The number of carbonyl (C=O) groups excluding carboxylic acids is 1. The molecule has 0 spiro atoms. The van der Waals surface area contributed by atoms with E-state index in [0.717, 1.165) is 60.6 Å². The van der Waals surface area contributed by atoms with Crippen LogP contribution in [-0.4, -0.2) is 69.4 Å². The summed E-state index contributed by atoms with van der Waals surface area (Å²) in [7, 11) is -3.55. The zero-order valence-electron chi connectivity index (χ0n) is 19.9. The smallest absolute Gasteiger partial charge is 0.261 e. The van der Waals surface area contributed by atoms with Crippen molar-refractivity contribution < 1.29 is 17.9 Å². The van der Waals surface area contributed by atoms with Gasteiger partial charge in [-0.2, -0.15) is 0 Å². The number of anilines is 1. The number of hydrogen-bond acceptors (Lipinski definition) is 7. The minimum absolute atomic E-state index is 0.0616. The molecule has 182 valence electrons. The number of morpholine rings is 1. The fourth-order valence-corrected chi connectivity index (χ4v) is 6.50. The topological polar surface area (TPSA) is 79.8 Å². The van der Waals surface area contributed by atoms with Gasteiger partial charge in [0.25, 0.3) is 5.91 Å². The first-order chi connectivity index (χ1) is 16.3. The Morgan fingerprint density at radius 2 is 1.91 bits per heavy atom. The van der Waals surface area contributed by atoms with Crippen LogP contribution < -0.4 is 4.90 Å². The Morgan fingerprint density at radius 3 is 2.65 bits per heavy atom. The van der Waals surface area contributed by atoms with Gasteiger partial charge in [0, 0.05) is 26.2 Å².